The molecule has 4 aromatic rings. The van der Waals surface area contributed by atoms with E-state index >= 15 is 8.78 Å². The molecular formula is C31H30F2O. The van der Waals surface area contributed by atoms with Gasteiger partial charge in [0, 0.05) is 16.7 Å². The van der Waals surface area contributed by atoms with Crippen molar-refractivity contribution in [3.05, 3.63) is 103 Å². The van der Waals surface area contributed by atoms with E-state index in [0.717, 1.165) is 24.0 Å². The summed E-state index contributed by atoms with van der Waals surface area (Å²) < 4.78 is 36.4. The van der Waals surface area contributed by atoms with E-state index in [1.165, 1.54) is 19.3 Å². The molecule has 0 saturated heterocycles. The van der Waals surface area contributed by atoms with Crippen molar-refractivity contribution in [2.75, 3.05) is 6.61 Å². The molecule has 3 heteroatoms. The molecule has 4 aromatic carbocycles. The lowest BCUT2D eigenvalue weighted by molar-refractivity contribution is 0.305. The first-order valence-corrected chi connectivity index (χ1v) is 12.0. The third-order valence-electron chi connectivity index (χ3n) is 6.07. The largest absolute Gasteiger partial charge is 0.493 e. The second kappa shape index (κ2) is 11.6. The average molecular weight is 457 g/mol. The standard InChI is InChI=1S/C31H30F2O/c1-2-3-4-5-11-22-34-29-15-10-9-14-27(29)28-21-20-26(30(32)31(28)33)25-18-16-24(17-19-25)23-12-7-6-8-13-23/h6-10,12-21H,2-5,11,22H2,1H3. The van der Waals surface area contributed by atoms with Crippen LogP contribution >= 0.6 is 0 Å². The van der Waals surface area contributed by atoms with Crippen LogP contribution < -0.4 is 4.74 Å². The van der Waals surface area contributed by atoms with Gasteiger partial charge in [-0.15, -0.1) is 0 Å². The molecule has 0 saturated carbocycles. The number of para-hydroxylation sites is 1. The van der Waals surface area contributed by atoms with Gasteiger partial charge in [0.25, 0.3) is 0 Å². The molecule has 0 atom stereocenters. The van der Waals surface area contributed by atoms with Gasteiger partial charge in [0.15, 0.2) is 11.6 Å². The van der Waals surface area contributed by atoms with Crippen molar-refractivity contribution in [2.45, 2.75) is 39.0 Å². The van der Waals surface area contributed by atoms with Gasteiger partial charge in [0.1, 0.15) is 5.75 Å². The summed E-state index contributed by atoms with van der Waals surface area (Å²) in [7, 11) is 0. The Hall–Kier alpha value is -3.46. The van der Waals surface area contributed by atoms with Gasteiger partial charge in [-0.05, 0) is 29.2 Å². The third kappa shape index (κ3) is 5.53. The van der Waals surface area contributed by atoms with Crippen molar-refractivity contribution in [1.29, 1.82) is 0 Å². The van der Waals surface area contributed by atoms with Crippen LogP contribution in [0.5, 0.6) is 5.75 Å². The molecule has 0 amide bonds. The second-order valence-corrected chi connectivity index (χ2v) is 8.49. The lowest BCUT2D eigenvalue weighted by Crippen LogP contribution is -2.00. The summed E-state index contributed by atoms with van der Waals surface area (Å²) in [6.45, 7) is 2.75. The van der Waals surface area contributed by atoms with Crippen molar-refractivity contribution >= 4 is 0 Å². The van der Waals surface area contributed by atoms with E-state index in [1.807, 2.05) is 72.8 Å². The molecule has 0 fully saturated rings. The molecule has 34 heavy (non-hydrogen) atoms. The van der Waals surface area contributed by atoms with Gasteiger partial charge in [0.05, 0.1) is 6.61 Å². The van der Waals surface area contributed by atoms with Crippen LogP contribution in [0.3, 0.4) is 0 Å². The summed E-state index contributed by atoms with van der Waals surface area (Å²) in [5, 5.41) is 0. The molecule has 4 rings (SSSR count). The summed E-state index contributed by atoms with van der Waals surface area (Å²) in [6, 6.07) is 28.0. The van der Waals surface area contributed by atoms with Gasteiger partial charge in [-0.25, -0.2) is 8.78 Å². The maximum absolute atomic E-state index is 15.3. The van der Waals surface area contributed by atoms with E-state index in [4.69, 9.17) is 4.74 Å². The maximum Gasteiger partial charge on any atom is 0.167 e. The third-order valence-corrected chi connectivity index (χ3v) is 6.07. The van der Waals surface area contributed by atoms with Gasteiger partial charge < -0.3 is 4.74 Å². The van der Waals surface area contributed by atoms with E-state index in [2.05, 4.69) is 6.92 Å². The number of hydrogen-bond acceptors (Lipinski definition) is 1. The Morgan fingerprint density at radius 2 is 1.12 bits per heavy atom. The molecular weight excluding hydrogens is 426 g/mol. The second-order valence-electron chi connectivity index (χ2n) is 8.49. The number of hydrogen-bond donors (Lipinski definition) is 0. The molecule has 0 heterocycles. The number of benzene rings is 4. The van der Waals surface area contributed by atoms with E-state index in [1.54, 1.807) is 18.2 Å². The van der Waals surface area contributed by atoms with Crippen LogP contribution in [0.4, 0.5) is 8.78 Å². The zero-order valence-electron chi connectivity index (χ0n) is 19.6. The monoisotopic (exact) mass is 456 g/mol. The van der Waals surface area contributed by atoms with Crippen molar-refractivity contribution in [3.8, 4) is 39.1 Å². The Morgan fingerprint density at radius 1 is 0.529 bits per heavy atom. The lowest BCUT2D eigenvalue weighted by atomic mass is 9.96. The molecule has 0 unspecified atom stereocenters. The van der Waals surface area contributed by atoms with Gasteiger partial charge in [-0.3, -0.25) is 0 Å². The quantitative estimate of drug-likeness (QED) is 0.216. The average Bonchev–Trinajstić information content (AvgIpc) is 2.89. The van der Waals surface area contributed by atoms with Gasteiger partial charge >= 0.3 is 0 Å². The summed E-state index contributed by atoms with van der Waals surface area (Å²) >= 11 is 0. The summed E-state index contributed by atoms with van der Waals surface area (Å²) in [5.41, 5.74) is 3.78. The normalized spacial score (nSPS) is 10.9. The Balaban J connectivity index is 1.54. The zero-order chi connectivity index (χ0) is 23.8. The molecule has 0 aliphatic rings. The highest BCUT2D eigenvalue weighted by Crippen LogP contribution is 2.36. The zero-order valence-corrected chi connectivity index (χ0v) is 19.6. The molecule has 0 bridgehead atoms. The van der Waals surface area contributed by atoms with Crippen LogP contribution in [0, 0.1) is 11.6 Å². The highest BCUT2D eigenvalue weighted by Gasteiger charge is 2.18. The van der Waals surface area contributed by atoms with E-state index in [9.17, 15) is 0 Å². The van der Waals surface area contributed by atoms with Crippen molar-refractivity contribution in [3.63, 3.8) is 0 Å². The molecule has 0 N–H and O–H groups in total. The molecule has 1 nitrogen and oxygen atoms in total. The van der Waals surface area contributed by atoms with Crippen LogP contribution in [0.1, 0.15) is 39.0 Å². The van der Waals surface area contributed by atoms with Crippen LogP contribution in [-0.4, -0.2) is 6.61 Å². The first-order valence-electron chi connectivity index (χ1n) is 12.0. The van der Waals surface area contributed by atoms with E-state index < -0.39 is 11.6 Å². The first-order chi connectivity index (χ1) is 16.7. The molecule has 0 aromatic heterocycles. The minimum atomic E-state index is -0.858. The molecule has 174 valence electrons. The summed E-state index contributed by atoms with van der Waals surface area (Å²) in [5.74, 6) is -1.13. The van der Waals surface area contributed by atoms with Gasteiger partial charge in [-0.2, -0.15) is 0 Å². The highest BCUT2D eigenvalue weighted by atomic mass is 19.2. The van der Waals surface area contributed by atoms with Crippen molar-refractivity contribution in [1.82, 2.24) is 0 Å². The smallest absolute Gasteiger partial charge is 0.167 e. The molecule has 0 radical (unpaired) electrons. The maximum atomic E-state index is 15.3. The Labute approximate surface area is 201 Å². The van der Waals surface area contributed by atoms with Crippen LogP contribution in [0.25, 0.3) is 33.4 Å². The predicted octanol–water partition coefficient (Wildman–Crippen LogP) is 9.31. The minimum Gasteiger partial charge on any atom is -0.493 e. The number of halogens is 2. The topological polar surface area (TPSA) is 9.23 Å². The number of ether oxygens (including phenoxy) is 1. The Morgan fingerprint density at radius 3 is 1.88 bits per heavy atom. The SMILES string of the molecule is CCCCCCCOc1ccccc1-c1ccc(-c2ccc(-c3ccccc3)cc2)c(F)c1F. The van der Waals surface area contributed by atoms with Crippen molar-refractivity contribution < 1.29 is 13.5 Å². The molecule has 0 spiro atoms. The fourth-order valence-electron chi connectivity index (χ4n) is 4.16. The van der Waals surface area contributed by atoms with E-state index in [-0.39, 0.29) is 11.1 Å². The molecule has 0 aliphatic carbocycles. The van der Waals surface area contributed by atoms with Crippen LogP contribution in [0.2, 0.25) is 0 Å². The highest BCUT2D eigenvalue weighted by molar-refractivity contribution is 5.76. The fourth-order valence-corrected chi connectivity index (χ4v) is 4.16. The number of unbranched alkanes of at least 4 members (excludes halogenated alkanes) is 4. The van der Waals surface area contributed by atoms with Gasteiger partial charge in [0.2, 0.25) is 0 Å². The minimum absolute atomic E-state index is 0.212. The van der Waals surface area contributed by atoms with E-state index in [0.29, 0.717) is 23.5 Å². The Kier molecular flexibility index (Phi) is 8.08. The predicted molar refractivity (Wildman–Crippen MR) is 137 cm³/mol. The first kappa shape index (κ1) is 23.7. The van der Waals surface area contributed by atoms with Crippen LogP contribution in [0.15, 0.2) is 91.0 Å². The number of rotatable bonds is 10. The molecule has 0 aliphatic heterocycles. The summed E-state index contributed by atoms with van der Waals surface area (Å²) in [4.78, 5) is 0. The lowest BCUT2D eigenvalue weighted by Gasteiger charge is -2.14. The Bertz CT molecular complexity index is 1200. The van der Waals surface area contributed by atoms with Gasteiger partial charge in [-0.1, -0.05) is 118 Å². The fraction of sp³-hybridized carbons (Fsp3) is 0.226. The summed E-state index contributed by atoms with van der Waals surface area (Å²) in [6.07, 6.45) is 5.67. The van der Waals surface area contributed by atoms with Crippen LogP contribution in [-0.2, 0) is 0 Å². The van der Waals surface area contributed by atoms with Crippen molar-refractivity contribution in [2.24, 2.45) is 0 Å².